The van der Waals surface area contributed by atoms with Gasteiger partial charge in [0.15, 0.2) is 11.5 Å². The molecule has 7 heteroatoms. The summed E-state index contributed by atoms with van der Waals surface area (Å²) in [5.41, 5.74) is 1.62. The lowest BCUT2D eigenvalue weighted by Crippen LogP contribution is -2.29. The van der Waals surface area contributed by atoms with Gasteiger partial charge in [-0.3, -0.25) is 4.40 Å². The molecular weight excluding hydrogens is 285 g/mol. The first-order valence-corrected chi connectivity index (χ1v) is 6.73. The Labute approximate surface area is 126 Å². The first-order chi connectivity index (χ1) is 10.6. The summed E-state index contributed by atoms with van der Waals surface area (Å²) < 4.78 is 15.4. The Morgan fingerprint density at radius 2 is 2.14 bits per heavy atom. The average Bonchev–Trinajstić information content (AvgIpc) is 2.91. The fraction of sp³-hybridized carbons (Fsp3) is 0.133. The summed E-state index contributed by atoms with van der Waals surface area (Å²) in [6.45, 7) is 1.97. The molecule has 0 unspecified atom stereocenters. The molecule has 0 bridgehead atoms. The zero-order chi connectivity index (χ0) is 15.5. The van der Waals surface area contributed by atoms with Crippen molar-refractivity contribution < 1.29 is 9.18 Å². The highest BCUT2D eigenvalue weighted by Gasteiger charge is 2.09. The second kappa shape index (κ2) is 5.80. The number of nitrogens with zero attached hydrogens (tertiary/aromatic N) is 3. The molecule has 0 saturated heterocycles. The molecule has 112 valence electrons. The first kappa shape index (κ1) is 14.0. The van der Waals surface area contributed by atoms with E-state index in [0.29, 0.717) is 11.5 Å². The standard InChI is InChI=1S/C15H14FN5O/c1-10-5-6-12(11(16)8-10)18-15(22)17-9-14-20-19-13-4-2-3-7-21(13)14/h2-8H,9H2,1H3,(H2,17,18,22). The van der Waals surface area contributed by atoms with E-state index >= 15 is 0 Å². The second-order valence-electron chi connectivity index (χ2n) is 4.84. The van der Waals surface area contributed by atoms with Crippen LogP contribution in [0.15, 0.2) is 42.6 Å². The lowest BCUT2D eigenvalue weighted by atomic mass is 10.2. The Hall–Kier alpha value is -2.96. The van der Waals surface area contributed by atoms with E-state index in [1.807, 2.05) is 24.4 Å². The molecule has 0 saturated carbocycles. The van der Waals surface area contributed by atoms with Crippen LogP contribution in [0.2, 0.25) is 0 Å². The number of anilines is 1. The van der Waals surface area contributed by atoms with Gasteiger partial charge < -0.3 is 10.6 Å². The average molecular weight is 299 g/mol. The van der Waals surface area contributed by atoms with Crippen LogP contribution < -0.4 is 10.6 Å². The van der Waals surface area contributed by atoms with Crippen molar-refractivity contribution in [3.8, 4) is 0 Å². The Bertz CT molecular complexity index is 830. The summed E-state index contributed by atoms with van der Waals surface area (Å²) in [6.07, 6.45) is 1.81. The van der Waals surface area contributed by atoms with E-state index in [9.17, 15) is 9.18 Å². The van der Waals surface area contributed by atoms with Crippen molar-refractivity contribution in [1.29, 1.82) is 0 Å². The molecule has 2 amide bonds. The van der Waals surface area contributed by atoms with E-state index in [2.05, 4.69) is 20.8 Å². The lowest BCUT2D eigenvalue weighted by molar-refractivity contribution is 0.251. The number of aryl methyl sites for hydroxylation is 1. The topological polar surface area (TPSA) is 71.3 Å². The van der Waals surface area contributed by atoms with Gasteiger partial charge in [0.05, 0.1) is 12.2 Å². The summed E-state index contributed by atoms with van der Waals surface area (Å²) >= 11 is 0. The van der Waals surface area contributed by atoms with E-state index < -0.39 is 11.8 Å². The molecule has 0 spiro atoms. The van der Waals surface area contributed by atoms with Crippen LogP contribution in [-0.4, -0.2) is 20.6 Å². The number of pyridine rings is 1. The van der Waals surface area contributed by atoms with Crippen LogP contribution in [0.25, 0.3) is 5.65 Å². The molecule has 22 heavy (non-hydrogen) atoms. The maximum atomic E-state index is 13.7. The third-order valence-corrected chi connectivity index (χ3v) is 3.16. The van der Waals surface area contributed by atoms with Gasteiger partial charge in [-0.25, -0.2) is 9.18 Å². The van der Waals surface area contributed by atoms with E-state index in [4.69, 9.17) is 0 Å². The molecule has 2 heterocycles. The molecule has 0 aliphatic rings. The van der Waals surface area contributed by atoms with Crippen LogP contribution in [0.5, 0.6) is 0 Å². The maximum Gasteiger partial charge on any atom is 0.319 e. The van der Waals surface area contributed by atoms with E-state index in [1.54, 1.807) is 17.4 Å². The number of nitrogens with one attached hydrogen (secondary N) is 2. The maximum absolute atomic E-state index is 13.7. The molecule has 0 fully saturated rings. The van der Waals surface area contributed by atoms with Crippen molar-refractivity contribution in [1.82, 2.24) is 19.9 Å². The van der Waals surface area contributed by atoms with Crippen LogP contribution in [0.1, 0.15) is 11.4 Å². The number of urea groups is 1. The van der Waals surface area contributed by atoms with Crippen LogP contribution in [0.4, 0.5) is 14.9 Å². The monoisotopic (exact) mass is 299 g/mol. The quantitative estimate of drug-likeness (QED) is 0.780. The highest BCUT2D eigenvalue weighted by atomic mass is 19.1. The molecule has 3 aromatic rings. The van der Waals surface area contributed by atoms with Gasteiger partial charge in [-0.2, -0.15) is 0 Å². The molecule has 2 aromatic heterocycles. The van der Waals surface area contributed by atoms with Gasteiger partial charge in [-0.05, 0) is 36.8 Å². The zero-order valence-electron chi connectivity index (χ0n) is 11.9. The number of carbonyl (C=O) groups is 1. The van der Waals surface area contributed by atoms with Gasteiger partial charge in [-0.15, -0.1) is 10.2 Å². The highest BCUT2D eigenvalue weighted by molar-refractivity contribution is 5.89. The largest absolute Gasteiger partial charge is 0.331 e. The molecule has 2 N–H and O–H groups in total. The molecule has 0 atom stereocenters. The summed E-state index contributed by atoms with van der Waals surface area (Å²) in [5.74, 6) is 0.123. The van der Waals surface area contributed by atoms with Gasteiger partial charge in [-0.1, -0.05) is 12.1 Å². The normalized spacial score (nSPS) is 10.6. The summed E-state index contributed by atoms with van der Waals surface area (Å²) in [6, 6.07) is 9.63. The fourth-order valence-electron chi connectivity index (χ4n) is 2.06. The minimum atomic E-state index is -0.504. The van der Waals surface area contributed by atoms with Crippen molar-refractivity contribution in [3.63, 3.8) is 0 Å². The highest BCUT2D eigenvalue weighted by Crippen LogP contribution is 2.14. The Balaban J connectivity index is 1.65. The zero-order valence-corrected chi connectivity index (χ0v) is 11.9. The summed E-state index contributed by atoms with van der Waals surface area (Å²) in [4.78, 5) is 11.8. The number of aromatic nitrogens is 3. The third kappa shape index (κ3) is 2.88. The predicted octanol–water partition coefficient (Wildman–Crippen LogP) is 2.50. The fourth-order valence-corrected chi connectivity index (χ4v) is 2.06. The van der Waals surface area contributed by atoms with E-state index in [-0.39, 0.29) is 12.2 Å². The van der Waals surface area contributed by atoms with Gasteiger partial charge in [0.1, 0.15) is 5.82 Å². The van der Waals surface area contributed by atoms with Gasteiger partial charge in [0.2, 0.25) is 0 Å². The van der Waals surface area contributed by atoms with Crippen molar-refractivity contribution in [2.75, 3.05) is 5.32 Å². The smallest absolute Gasteiger partial charge is 0.319 e. The number of hydrogen-bond donors (Lipinski definition) is 2. The summed E-state index contributed by atoms with van der Waals surface area (Å²) in [7, 11) is 0. The number of carbonyl (C=O) groups excluding carboxylic acids is 1. The molecule has 0 aliphatic carbocycles. The van der Waals surface area contributed by atoms with E-state index in [1.165, 1.54) is 12.1 Å². The molecular formula is C15H14FN5O. The summed E-state index contributed by atoms with van der Waals surface area (Å²) in [5, 5.41) is 13.1. The number of halogens is 1. The predicted molar refractivity (Wildman–Crippen MR) is 80.0 cm³/mol. The minimum Gasteiger partial charge on any atom is -0.331 e. The number of hydrogen-bond acceptors (Lipinski definition) is 3. The Morgan fingerprint density at radius 3 is 2.95 bits per heavy atom. The number of rotatable bonds is 3. The van der Waals surface area contributed by atoms with Crippen molar-refractivity contribution in [2.24, 2.45) is 0 Å². The Morgan fingerprint density at radius 1 is 1.27 bits per heavy atom. The van der Waals surface area contributed by atoms with Crippen LogP contribution in [0, 0.1) is 12.7 Å². The van der Waals surface area contributed by atoms with Crippen LogP contribution in [0.3, 0.4) is 0 Å². The molecule has 1 aromatic carbocycles. The van der Waals surface area contributed by atoms with Crippen LogP contribution in [-0.2, 0) is 6.54 Å². The first-order valence-electron chi connectivity index (χ1n) is 6.73. The minimum absolute atomic E-state index is 0.134. The molecule has 0 radical (unpaired) electrons. The number of amides is 2. The van der Waals surface area contributed by atoms with Crippen molar-refractivity contribution in [2.45, 2.75) is 13.5 Å². The van der Waals surface area contributed by atoms with Gasteiger partial charge in [0.25, 0.3) is 0 Å². The number of benzene rings is 1. The Kier molecular flexibility index (Phi) is 3.69. The van der Waals surface area contributed by atoms with Crippen LogP contribution >= 0.6 is 0 Å². The molecule has 0 aliphatic heterocycles. The van der Waals surface area contributed by atoms with Gasteiger partial charge >= 0.3 is 6.03 Å². The third-order valence-electron chi connectivity index (χ3n) is 3.16. The van der Waals surface area contributed by atoms with Gasteiger partial charge in [0, 0.05) is 6.20 Å². The lowest BCUT2D eigenvalue weighted by Gasteiger charge is -2.08. The molecule has 3 rings (SSSR count). The number of fused-ring (bicyclic) bond motifs is 1. The van der Waals surface area contributed by atoms with Crippen molar-refractivity contribution in [3.05, 3.63) is 59.8 Å². The SMILES string of the molecule is Cc1ccc(NC(=O)NCc2nnc3ccccn23)c(F)c1. The molecule has 6 nitrogen and oxygen atoms in total. The van der Waals surface area contributed by atoms with Crippen molar-refractivity contribution >= 4 is 17.4 Å². The second-order valence-corrected chi connectivity index (χ2v) is 4.84. The van der Waals surface area contributed by atoms with E-state index in [0.717, 1.165) is 5.56 Å².